The summed E-state index contributed by atoms with van der Waals surface area (Å²) in [6.07, 6.45) is 1.31. The van der Waals surface area contributed by atoms with Crippen LogP contribution in [0.25, 0.3) is 0 Å². The van der Waals surface area contributed by atoms with Gasteiger partial charge < -0.3 is 15.8 Å². The number of hydrogen-bond acceptors (Lipinski definition) is 5. The lowest BCUT2D eigenvalue weighted by Crippen LogP contribution is -2.45. The molecule has 3 rings (SSSR count). The molecule has 9 heteroatoms. The minimum absolute atomic E-state index is 0.0484. The molecule has 0 aliphatic rings. The molecule has 1 aromatic carbocycles. The van der Waals surface area contributed by atoms with Gasteiger partial charge in [0, 0.05) is 36.1 Å². The van der Waals surface area contributed by atoms with Crippen LogP contribution in [0, 0.1) is 13.8 Å². The monoisotopic (exact) mass is 505 g/mol. The van der Waals surface area contributed by atoms with Gasteiger partial charge in [-0.2, -0.15) is 0 Å². The summed E-state index contributed by atoms with van der Waals surface area (Å²) >= 11 is 0. The number of benzene rings is 1. The van der Waals surface area contributed by atoms with Crippen molar-refractivity contribution in [1.29, 1.82) is 0 Å². The van der Waals surface area contributed by atoms with E-state index in [1.54, 1.807) is 46.0 Å². The fourth-order valence-electron chi connectivity index (χ4n) is 4.01. The number of carbonyl (C=O) groups is 2. The van der Waals surface area contributed by atoms with E-state index < -0.39 is 11.6 Å². The Morgan fingerprint density at radius 2 is 1.76 bits per heavy atom. The quantitative estimate of drug-likeness (QED) is 0.407. The van der Waals surface area contributed by atoms with Gasteiger partial charge >= 0.3 is 6.09 Å². The van der Waals surface area contributed by atoms with Crippen LogP contribution < -0.4 is 21.2 Å². The fraction of sp³-hybridized carbons (Fsp3) is 0.357. The molecule has 0 aliphatic carbocycles. The van der Waals surface area contributed by atoms with Gasteiger partial charge in [0.2, 0.25) is 5.91 Å². The number of nitrogens with one attached hydrogen (secondary N) is 2. The van der Waals surface area contributed by atoms with Crippen molar-refractivity contribution in [2.75, 3.05) is 16.9 Å². The van der Waals surface area contributed by atoms with Crippen molar-refractivity contribution in [3.05, 3.63) is 93.0 Å². The van der Waals surface area contributed by atoms with Crippen LogP contribution in [0.5, 0.6) is 0 Å². The topological polar surface area (TPSA) is 117 Å². The van der Waals surface area contributed by atoms with E-state index in [4.69, 9.17) is 0 Å². The van der Waals surface area contributed by atoms with Crippen LogP contribution >= 0.6 is 0 Å². The second kappa shape index (κ2) is 11.7. The van der Waals surface area contributed by atoms with Gasteiger partial charge in [0.1, 0.15) is 5.82 Å². The Balaban J connectivity index is 1.63. The first-order valence-electron chi connectivity index (χ1n) is 12.2. The van der Waals surface area contributed by atoms with Crippen molar-refractivity contribution in [1.82, 2.24) is 15.0 Å². The average molecular weight is 506 g/mol. The zero-order chi connectivity index (χ0) is 27.2. The van der Waals surface area contributed by atoms with E-state index in [1.165, 1.54) is 15.1 Å². The third-order valence-electron chi connectivity index (χ3n) is 6.05. The Labute approximate surface area is 217 Å². The van der Waals surface area contributed by atoms with Gasteiger partial charge in [-0.25, -0.2) is 14.5 Å². The molecule has 196 valence electrons. The summed E-state index contributed by atoms with van der Waals surface area (Å²) in [5.74, 6) is 0.0420. The summed E-state index contributed by atoms with van der Waals surface area (Å²) in [4.78, 5) is 43.1. The van der Waals surface area contributed by atoms with Gasteiger partial charge in [0.05, 0.1) is 6.42 Å². The number of carboxylic acid groups (broad SMARTS) is 1. The maximum absolute atomic E-state index is 13.0. The lowest BCUT2D eigenvalue weighted by Gasteiger charge is -2.32. The smallest absolute Gasteiger partial charge is 0.413 e. The molecule has 0 fully saturated rings. The minimum atomic E-state index is -1.08. The van der Waals surface area contributed by atoms with Gasteiger partial charge in [-0.05, 0) is 69.9 Å². The molecular weight excluding hydrogens is 470 g/mol. The molecule has 2 heterocycles. The lowest BCUT2D eigenvalue weighted by molar-refractivity contribution is -0.120. The maximum Gasteiger partial charge on any atom is 0.413 e. The van der Waals surface area contributed by atoms with Crippen LogP contribution in [0.1, 0.15) is 48.7 Å². The third-order valence-corrected chi connectivity index (χ3v) is 6.05. The Morgan fingerprint density at radius 1 is 1.05 bits per heavy atom. The summed E-state index contributed by atoms with van der Waals surface area (Å²) in [5, 5.41) is 12.5. The molecule has 3 aromatic rings. The first kappa shape index (κ1) is 27.4. The second-order valence-corrected chi connectivity index (χ2v) is 9.95. The summed E-state index contributed by atoms with van der Waals surface area (Å²) < 4.78 is 1.43. The van der Waals surface area contributed by atoms with Crippen LogP contribution in [0.2, 0.25) is 0 Å². The van der Waals surface area contributed by atoms with Gasteiger partial charge in [-0.1, -0.05) is 36.4 Å². The average Bonchev–Trinajstić information content (AvgIpc) is 2.82. The van der Waals surface area contributed by atoms with Gasteiger partial charge in [0.15, 0.2) is 0 Å². The summed E-state index contributed by atoms with van der Waals surface area (Å²) in [7, 11) is 0. The normalized spacial score (nSPS) is 11.2. The summed E-state index contributed by atoms with van der Waals surface area (Å²) in [5.41, 5.74) is 5.95. The standard InChI is InChI=1S/C28H35N5O4/c1-19-14-16-32(30-15-13-21-9-7-6-8-10-21)26(35)23(19)17-25(34)29-18-22-11-12-24(31-20(22)2)33(27(36)37)28(3,4)5/h6-12,14,16,30H,13,15,17-18H2,1-5H3,(H,29,34)(H,36,37). The van der Waals surface area contributed by atoms with E-state index in [-0.39, 0.29) is 24.4 Å². The van der Waals surface area contributed by atoms with Crippen molar-refractivity contribution < 1.29 is 14.7 Å². The molecule has 0 unspecified atom stereocenters. The Morgan fingerprint density at radius 3 is 2.38 bits per heavy atom. The fourth-order valence-corrected chi connectivity index (χ4v) is 4.01. The molecule has 0 saturated carbocycles. The first-order chi connectivity index (χ1) is 17.5. The number of carbonyl (C=O) groups excluding carboxylic acids is 1. The van der Waals surface area contributed by atoms with Gasteiger partial charge in [-0.3, -0.25) is 14.5 Å². The van der Waals surface area contributed by atoms with Crippen LogP contribution in [0.3, 0.4) is 0 Å². The number of hydrogen-bond donors (Lipinski definition) is 3. The maximum atomic E-state index is 13.0. The van der Waals surface area contributed by atoms with E-state index in [2.05, 4.69) is 15.7 Å². The third kappa shape index (κ3) is 7.19. The van der Waals surface area contributed by atoms with E-state index in [0.29, 0.717) is 23.6 Å². The van der Waals surface area contributed by atoms with Gasteiger partial charge in [-0.15, -0.1) is 0 Å². The summed E-state index contributed by atoms with van der Waals surface area (Å²) in [6.45, 7) is 9.77. The van der Waals surface area contributed by atoms with E-state index in [9.17, 15) is 19.5 Å². The number of amides is 2. The molecule has 0 spiro atoms. The number of aryl methyl sites for hydroxylation is 2. The van der Waals surface area contributed by atoms with Crippen molar-refractivity contribution in [2.45, 2.75) is 59.5 Å². The second-order valence-electron chi connectivity index (χ2n) is 9.95. The molecule has 9 nitrogen and oxygen atoms in total. The molecule has 0 radical (unpaired) electrons. The first-order valence-corrected chi connectivity index (χ1v) is 12.2. The number of rotatable bonds is 9. The van der Waals surface area contributed by atoms with Crippen molar-refractivity contribution in [3.63, 3.8) is 0 Å². The number of nitrogens with zero attached hydrogens (tertiary/aromatic N) is 3. The zero-order valence-corrected chi connectivity index (χ0v) is 22.0. The summed E-state index contributed by atoms with van der Waals surface area (Å²) in [6, 6.07) is 15.2. The van der Waals surface area contributed by atoms with Gasteiger partial charge in [0.25, 0.3) is 5.56 Å². The van der Waals surface area contributed by atoms with Crippen molar-refractivity contribution in [2.24, 2.45) is 0 Å². The molecule has 0 saturated heterocycles. The molecule has 0 aliphatic heterocycles. The Bertz CT molecular complexity index is 1310. The molecular formula is C28H35N5O4. The Hall–Kier alpha value is -4.14. The van der Waals surface area contributed by atoms with E-state index >= 15 is 0 Å². The SMILES string of the molecule is Cc1ccn(NCCc2ccccc2)c(=O)c1CC(=O)NCc1ccc(N(C(=O)O)C(C)(C)C)nc1C. The van der Waals surface area contributed by atoms with Crippen molar-refractivity contribution in [3.8, 4) is 0 Å². The Kier molecular flexibility index (Phi) is 8.70. The highest BCUT2D eigenvalue weighted by Gasteiger charge is 2.29. The molecule has 0 atom stereocenters. The molecule has 37 heavy (non-hydrogen) atoms. The van der Waals surface area contributed by atoms with Crippen LogP contribution in [0.4, 0.5) is 10.6 Å². The lowest BCUT2D eigenvalue weighted by atomic mass is 10.1. The molecule has 2 aromatic heterocycles. The van der Waals surface area contributed by atoms with Crippen LogP contribution in [0.15, 0.2) is 59.5 Å². The van der Waals surface area contributed by atoms with Crippen LogP contribution in [-0.2, 0) is 24.2 Å². The number of anilines is 1. The predicted octanol–water partition coefficient (Wildman–Crippen LogP) is 3.79. The highest BCUT2D eigenvalue weighted by atomic mass is 16.4. The van der Waals surface area contributed by atoms with E-state index in [0.717, 1.165) is 17.5 Å². The molecule has 0 bridgehead atoms. The number of pyridine rings is 2. The zero-order valence-electron chi connectivity index (χ0n) is 22.0. The minimum Gasteiger partial charge on any atom is -0.465 e. The predicted molar refractivity (Wildman–Crippen MR) is 145 cm³/mol. The van der Waals surface area contributed by atoms with Crippen LogP contribution in [-0.4, -0.2) is 38.9 Å². The highest BCUT2D eigenvalue weighted by Crippen LogP contribution is 2.23. The number of aromatic nitrogens is 2. The molecule has 2 amide bonds. The molecule has 3 N–H and O–H groups in total. The van der Waals surface area contributed by atoms with Crippen molar-refractivity contribution >= 4 is 17.8 Å². The highest BCUT2D eigenvalue weighted by molar-refractivity contribution is 5.86. The largest absolute Gasteiger partial charge is 0.465 e. The van der Waals surface area contributed by atoms with E-state index in [1.807, 2.05) is 43.3 Å².